The van der Waals surface area contributed by atoms with Crippen LogP contribution >= 0.6 is 0 Å². The molecule has 0 N–H and O–H groups in total. The summed E-state index contributed by atoms with van der Waals surface area (Å²) in [4.78, 5) is 14.1. The van der Waals surface area contributed by atoms with Crippen molar-refractivity contribution in [2.24, 2.45) is 5.41 Å². The first kappa shape index (κ1) is 13.2. The van der Waals surface area contributed by atoms with Gasteiger partial charge in [-0.3, -0.25) is 4.79 Å². The van der Waals surface area contributed by atoms with E-state index in [1.165, 1.54) is 5.57 Å². The molecule has 1 saturated carbocycles. The number of nitrogens with zero attached hydrogens (tertiary/aromatic N) is 1. The van der Waals surface area contributed by atoms with E-state index in [0.29, 0.717) is 12.3 Å². The maximum absolute atomic E-state index is 12.2. The maximum Gasteiger partial charge on any atom is 0.157 e. The number of carbonyl (C=O) groups excluding carboxylic acids is 1. The number of hydrogen-bond donors (Lipinski definition) is 0. The van der Waals surface area contributed by atoms with Gasteiger partial charge in [0.05, 0.1) is 12.0 Å². The van der Waals surface area contributed by atoms with Gasteiger partial charge in [0.1, 0.15) is 0 Å². The quantitative estimate of drug-likeness (QED) is 0.643. The summed E-state index contributed by atoms with van der Waals surface area (Å²) in [5, 5.41) is 0. The number of hydrogen-bond acceptors (Lipinski definition) is 2. The molecule has 1 aliphatic rings. The number of rotatable bonds is 6. The summed E-state index contributed by atoms with van der Waals surface area (Å²) in [6, 6.07) is 0. The Morgan fingerprint density at radius 2 is 2.00 bits per heavy atom. The molecule has 1 aliphatic carbocycles. The van der Waals surface area contributed by atoms with Crippen LogP contribution in [0.2, 0.25) is 0 Å². The first-order valence-electron chi connectivity index (χ1n) is 6.08. The van der Waals surface area contributed by atoms with E-state index < -0.39 is 0 Å². The monoisotopic (exact) mass is 221 g/mol. The number of allylic oxidation sites excluding steroid dienone is 4. The van der Waals surface area contributed by atoms with Crippen LogP contribution in [0.15, 0.2) is 23.8 Å². The summed E-state index contributed by atoms with van der Waals surface area (Å²) < 4.78 is 0. The van der Waals surface area contributed by atoms with Gasteiger partial charge in [-0.05, 0) is 45.9 Å². The van der Waals surface area contributed by atoms with E-state index in [2.05, 4.69) is 25.2 Å². The third-order valence-corrected chi connectivity index (χ3v) is 3.14. The molecule has 0 heterocycles. The number of ketones is 1. The second kappa shape index (κ2) is 5.44. The Balaban J connectivity index is 2.76. The van der Waals surface area contributed by atoms with Crippen molar-refractivity contribution in [3.63, 3.8) is 0 Å². The second-order valence-corrected chi connectivity index (χ2v) is 4.80. The zero-order valence-corrected chi connectivity index (χ0v) is 10.9. The van der Waals surface area contributed by atoms with E-state index in [4.69, 9.17) is 0 Å². The van der Waals surface area contributed by atoms with Gasteiger partial charge in [0.2, 0.25) is 0 Å². The summed E-state index contributed by atoms with van der Waals surface area (Å²) in [6.45, 7) is 4.70. The van der Waals surface area contributed by atoms with Crippen molar-refractivity contribution in [1.29, 1.82) is 0 Å². The largest absolute Gasteiger partial charge is 0.302 e. The van der Waals surface area contributed by atoms with Gasteiger partial charge in [-0.2, -0.15) is 0 Å². The van der Waals surface area contributed by atoms with Crippen molar-refractivity contribution in [3.05, 3.63) is 23.8 Å². The zero-order chi connectivity index (χ0) is 12.2. The summed E-state index contributed by atoms with van der Waals surface area (Å²) in [7, 11) is 3.90. The molecule has 0 aromatic carbocycles. The summed E-state index contributed by atoms with van der Waals surface area (Å²) in [5.74, 6) is 0.367. The number of carbonyl (C=O) groups is 1. The van der Waals surface area contributed by atoms with Gasteiger partial charge in [0.25, 0.3) is 0 Å². The lowest BCUT2D eigenvalue weighted by Crippen LogP contribution is -2.29. The van der Waals surface area contributed by atoms with Crippen molar-refractivity contribution in [2.75, 3.05) is 20.6 Å². The van der Waals surface area contributed by atoms with E-state index in [1.54, 1.807) is 0 Å². The predicted octanol–water partition coefficient (Wildman–Crippen LogP) is 2.81. The highest BCUT2D eigenvalue weighted by molar-refractivity contribution is 5.92. The van der Waals surface area contributed by atoms with Crippen molar-refractivity contribution in [1.82, 2.24) is 4.90 Å². The van der Waals surface area contributed by atoms with Crippen LogP contribution in [0.5, 0.6) is 0 Å². The molecule has 0 saturated heterocycles. The molecule has 1 fully saturated rings. The molecule has 0 spiro atoms. The Labute approximate surface area is 99.0 Å². The van der Waals surface area contributed by atoms with E-state index >= 15 is 0 Å². The molecule has 0 aromatic heterocycles. The van der Waals surface area contributed by atoms with Crippen LogP contribution in [-0.4, -0.2) is 31.3 Å². The molecule has 16 heavy (non-hydrogen) atoms. The van der Waals surface area contributed by atoms with Gasteiger partial charge in [-0.1, -0.05) is 25.2 Å². The SMILES string of the molecule is C/C=C(\C=C/CC)C1(C(=O)CN(C)C)CC1. The average molecular weight is 221 g/mol. The van der Waals surface area contributed by atoms with Gasteiger partial charge >= 0.3 is 0 Å². The molecule has 2 heteroatoms. The third-order valence-electron chi connectivity index (χ3n) is 3.14. The second-order valence-electron chi connectivity index (χ2n) is 4.80. The van der Waals surface area contributed by atoms with Gasteiger partial charge in [0.15, 0.2) is 5.78 Å². The van der Waals surface area contributed by atoms with E-state index in [0.717, 1.165) is 19.3 Å². The van der Waals surface area contributed by atoms with Crippen molar-refractivity contribution in [3.8, 4) is 0 Å². The first-order valence-corrected chi connectivity index (χ1v) is 6.08. The molecule has 90 valence electrons. The third kappa shape index (κ3) is 2.82. The van der Waals surface area contributed by atoms with Gasteiger partial charge in [0, 0.05) is 0 Å². The van der Waals surface area contributed by atoms with Crippen LogP contribution in [0.25, 0.3) is 0 Å². The Morgan fingerprint density at radius 3 is 2.38 bits per heavy atom. The normalized spacial score (nSPS) is 19.4. The van der Waals surface area contributed by atoms with Gasteiger partial charge < -0.3 is 4.90 Å². The van der Waals surface area contributed by atoms with E-state index in [1.807, 2.05) is 25.9 Å². The molecule has 0 bridgehead atoms. The lowest BCUT2D eigenvalue weighted by molar-refractivity contribution is -0.123. The minimum Gasteiger partial charge on any atom is -0.302 e. The lowest BCUT2D eigenvalue weighted by Gasteiger charge is -2.18. The van der Waals surface area contributed by atoms with Crippen LogP contribution in [-0.2, 0) is 4.79 Å². The lowest BCUT2D eigenvalue weighted by atomic mass is 9.90. The van der Waals surface area contributed by atoms with Crippen molar-refractivity contribution >= 4 is 5.78 Å². The highest BCUT2D eigenvalue weighted by Crippen LogP contribution is 2.53. The smallest absolute Gasteiger partial charge is 0.157 e. The Kier molecular flexibility index (Phi) is 4.48. The summed E-state index contributed by atoms with van der Waals surface area (Å²) in [5.41, 5.74) is 1.06. The summed E-state index contributed by atoms with van der Waals surface area (Å²) in [6.07, 6.45) is 9.42. The van der Waals surface area contributed by atoms with E-state index in [9.17, 15) is 4.79 Å². The van der Waals surface area contributed by atoms with Crippen LogP contribution in [0.3, 0.4) is 0 Å². The first-order chi connectivity index (χ1) is 7.56. The van der Waals surface area contributed by atoms with Crippen LogP contribution in [0.4, 0.5) is 0 Å². The molecule has 0 amide bonds. The fraction of sp³-hybridized carbons (Fsp3) is 0.643. The molecule has 1 rings (SSSR count). The standard InChI is InChI=1S/C14H23NO/c1-5-7-8-12(6-2)14(9-10-14)13(16)11-15(3)4/h6-8H,5,9-11H2,1-4H3/b8-7-,12-6+. The fourth-order valence-corrected chi connectivity index (χ4v) is 2.07. The summed E-state index contributed by atoms with van der Waals surface area (Å²) >= 11 is 0. The van der Waals surface area contributed by atoms with E-state index in [-0.39, 0.29) is 5.41 Å². The van der Waals surface area contributed by atoms with Gasteiger partial charge in [-0.15, -0.1) is 0 Å². The molecule has 0 aromatic rings. The highest BCUT2D eigenvalue weighted by Gasteiger charge is 2.50. The molecule has 2 nitrogen and oxygen atoms in total. The molecule has 0 unspecified atom stereocenters. The Bertz CT molecular complexity index is 309. The molecule has 0 radical (unpaired) electrons. The predicted molar refractivity (Wildman–Crippen MR) is 68.4 cm³/mol. The fourth-order valence-electron chi connectivity index (χ4n) is 2.07. The molecular formula is C14H23NO. The maximum atomic E-state index is 12.2. The van der Waals surface area contributed by atoms with Crippen LogP contribution in [0.1, 0.15) is 33.1 Å². The van der Waals surface area contributed by atoms with Gasteiger partial charge in [-0.25, -0.2) is 0 Å². The topological polar surface area (TPSA) is 20.3 Å². The number of Topliss-reactive ketones (excluding diaryl/α,β-unsaturated/α-hetero) is 1. The Morgan fingerprint density at radius 1 is 1.38 bits per heavy atom. The van der Waals surface area contributed by atoms with Crippen LogP contribution in [0, 0.1) is 5.41 Å². The van der Waals surface area contributed by atoms with Crippen LogP contribution < -0.4 is 0 Å². The zero-order valence-electron chi connectivity index (χ0n) is 10.9. The number of likely N-dealkylation sites (N-methyl/N-ethyl adjacent to an activating group) is 1. The average Bonchev–Trinajstić information content (AvgIpc) is 2.99. The van der Waals surface area contributed by atoms with Crippen molar-refractivity contribution in [2.45, 2.75) is 33.1 Å². The van der Waals surface area contributed by atoms with Crippen molar-refractivity contribution < 1.29 is 4.79 Å². The highest BCUT2D eigenvalue weighted by atomic mass is 16.1. The minimum absolute atomic E-state index is 0.148. The molecule has 0 aliphatic heterocycles. The Hall–Kier alpha value is -0.890. The molecule has 0 atom stereocenters. The minimum atomic E-state index is -0.148. The molecular weight excluding hydrogens is 198 g/mol.